The summed E-state index contributed by atoms with van der Waals surface area (Å²) in [4.78, 5) is 36.2. The molecule has 5 nitrogen and oxygen atoms in total. The quantitative estimate of drug-likeness (QED) is 0.584. The second kappa shape index (κ2) is 9.09. The van der Waals surface area contributed by atoms with E-state index in [0.717, 1.165) is 18.2 Å². The van der Waals surface area contributed by atoms with Crippen LogP contribution in [0.4, 0.5) is 8.78 Å². The fraction of sp³-hybridized carbons (Fsp3) is 0.0870. The zero-order valence-electron chi connectivity index (χ0n) is 15.6. The third-order valence-corrected chi connectivity index (χ3v) is 4.49. The lowest BCUT2D eigenvalue weighted by Gasteiger charge is -2.15. The van der Waals surface area contributed by atoms with Gasteiger partial charge in [0, 0.05) is 17.5 Å². The summed E-state index contributed by atoms with van der Waals surface area (Å²) in [5, 5.41) is 11.6. The molecule has 0 aromatic heterocycles. The third kappa shape index (κ3) is 4.75. The summed E-state index contributed by atoms with van der Waals surface area (Å²) >= 11 is 0. The van der Waals surface area contributed by atoms with Crippen molar-refractivity contribution < 1.29 is 28.3 Å². The average Bonchev–Trinajstić information content (AvgIpc) is 2.75. The molecule has 0 spiro atoms. The Morgan fingerprint density at radius 1 is 0.833 bits per heavy atom. The number of ketones is 1. The Morgan fingerprint density at radius 3 is 2.10 bits per heavy atom. The molecule has 30 heavy (non-hydrogen) atoms. The normalized spacial score (nSPS) is 11.5. The highest BCUT2D eigenvalue weighted by atomic mass is 19.2. The van der Waals surface area contributed by atoms with Crippen LogP contribution in [0.25, 0.3) is 0 Å². The molecule has 0 aliphatic heterocycles. The minimum atomic E-state index is -1.36. The van der Waals surface area contributed by atoms with Crippen molar-refractivity contribution in [1.29, 1.82) is 0 Å². The highest BCUT2D eigenvalue weighted by molar-refractivity contribution is 6.08. The molecular weight excluding hydrogens is 392 g/mol. The summed E-state index contributed by atoms with van der Waals surface area (Å²) in [5.41, 5.74) is 0.929. The van der Waals surface area contributed by atoms with Crippen LogP contribution in [0.15, 0.2) is 72.8 Å². The Hall–Kier alpha value is -3.87. The number of carbonyl (C=O) groups is 3. The molecule has 0 aliphatic rings. The molecule has 0 saturated carbocycles. The first kappa shape index (κ1) is 20.9. The van der Waals surface area contributed by atoms with E-state index in [0.29, 0.717) is 16.7 Å². The van der Waals surface area contributed by atoms with Crippen LogP contribution in [0.5, 0.6) is 0 Å². The molecule has 0 saturated heterocycles. The number of carboxylic acid groups (broad SMARTS) is 1. The predicted molar refractivity (Wildman–Crippen MR) is 105 cm³/mol. The molecule has 0 unspecified atom stereocenters. The van der Waals surface area contributed by atoms with Crippen molar-refractivity contribution in [3.63, 3.8) is 0 Å². The Bertz CT molecular complexity index is 1080. The van der Waals surface area contributed by atoms with E-state index in [2.05, 4.69) is 5.32 Å². The Balaban J connectivity index is 1.72. The molecule has 3 aromatic carbocycles. The van der Waals surface area contributed by atoms with Crippen molar-refractivity contribution >= 4 is 17.7 Å². The van der Waals surface area contributed by atoms with Crippen molar-refractivity contribution in [3.8, 4) is 0 Å². The van der Waals surface area contributed by atoms with Crippen LogP contribution < -0.4 is 5.32 Å². The summed E-state index contributed by atoms with van der Waals surface area (Å²) in [5.74, 6) is -5.08. The number of halogens is 2. The molecular formula is C23H17F2NO4. The second-order valence-electron chi connectivity index (χ2n) is 6.56. The van der Waals surface area contributed by atoms with Gasteiger partial charge in [0.1, 0.15) is 6.04 Å². The Labute approximate surface area is 171 Å². The zero-order chi connectivity index (χ0) is 21.7. The van der Waals surface area contributed by atoms with Crippen LogP contribution in [0.1, 0.15) is 31.8 Å². The fourth-order valence-electron chi connectivity index (χ4n) is 2.90. The molecule has 2 N–H and O–H groups in total. The van der Waals surface area contributed by atoms with E-state index in [1.165, 1.54) is 0 Å². The van der Waals surface area contributed by atoms with E-state index in [-0.39, 0.29) is 12.2 Å². The first-order valence-corrected chi connectivity index (χ1v) is 9.03. The Morgan fingerprint density at radius 2 is 1.47 bits per heavy atom. The number of carbonyl (C=O) groups excluding carboxylic acids is 2. The molecule has 3 aromatic rings. The van der Waals surface area contributed by atoms with Crippen molar-refractivity contribution in [2.45, 2.75) is 12.5 Å². The molecule has 0 radical (unpaired) electrons. The Kier molecular flexibility index (Phi) is 6.32. The maximum Gasteiger partial charge on any atom is 0.326 e. The second-order valence-corrected chi connectivity index (χ2v) is 6.56. The lowest BCUT2D eigenvalue weighted by Crippen LogP contribution is -2.42. The summed E-state index contributed by atoms with van der Waals surface area (Å²) in [7, 11) is 0. The van der Waals surface area contributed by atoms with Gasteiger partial charge in [-0.15, -0.1) is 0 Å². The van der Waals surface area contributed by atoms with Gasteiger partial charge in [0.25, 0.3) is 5.91 Å². The zero-order valence-corrected chi connectivity index (χ0v) is 15.6. The summed E-state index contributed by atoms with van der Waals surface area (Å²) < 4.78 is 27.1. The van der Waals surface area contributed by atoms with Gasteiger partial charge < -0.3 is 10.4 Å². The highest BCUT2D eigenvalue weighted by Gasteiger charge is 2.24. The van der Waals surface area contributed by atoms with Crippen LogP contribution >= 0.6 is 0 Å². The minimum Gasteiger partial charge on any atom is -0.480 e. The first-order valence-electron chi connectivity index (χ1n) is 9.03. The summed E-state index contributed by atoms with van der Waals surface area (Å²) in [6, 6.07) is 16.7. The molecule has 7 heteroatoms. The van der Waals surface area contributed by atoms with Gasteiger partial charge in [-0.3, -0.25) is 9.59 Å². The molecule has 0 heterocycles. The average molecular weight is 409 g/mol. The maximum atomic E-state index is 13.8. The van der Waals surface area contributed by atoms with E-state index in [4.69, 9.17) is 0 Å². The largest absolute Gasteiger partial charge is 0.480 e. The molecule has 0 fully saturated rings. The number of hydrogen-bond acceptors (Lipinski definition) is 3. The van der Waals surface area contributed by atoms with Gasteiger partial charge in [0.05, 0.1) is 5.56 Å². The monoisotopic (exact) mass is 409 g/mol. The van der Waals surface area contributed by atoms with Crippen molar-refractivity contribution in [1.82, 2.24) is 5.32 Å². The van der Waals surface area contributed by atoms with Gasteiger partial charge >= 0.3 is 5.97 Å². The van der Waals surface area contributed by atoms with E-state index in [1.807, 2.05) is 0 Å². The van der Waals surface area contributed by atoms with Crippen LogP contribution in [0.3, 0.4) is 0 Å². The first-order chi connectivity index (χ1) is 14.4. The van der Waals surface area contributed by atoms with Crippen molar-refractivity contribution in [2.24, 2.45) is 0 Å². The topological polar surface area (TPSA) is 83.5 Å². The van der Waals surface area contributed by atoms with Crippen LogP contribution in [-0.4, -0.2) is 28.8 Å². The molecule has 0 bridgehead atoms. The molecule has 1 amide bonds. The standard InChI is InChI=1S/C23H17F2NO4/c24-18-8-4-7-17(20(18)25)22(28)26-19(23(29)30)13-14-9-11-16(12-10-14)21(27)15-5-2-1-3-6-15/h1-12,19H,13H2,(H,26,28)(H,29,30)/t19-/m0/s1. The SMILES string of the molecule is O=C(c1ccccc1)c1ccc(C[C@H](NC(=O)c2cccc(F)c2F)C(=O)O)cc1. The number of benzene rings is 3. The molecule has 152 valence electrons. The van der Waals surface area contributed by atoms with Gasteiger partial charge in [0.2, 0.25) is 0 Å². The molecule has 1 atom stereocenters. The van der Waals surface area contributed by atoms with Gasteiger partial charge in [-0.1, -0.05) is 60.7 Å². The van der Waals surface area contributed by atoms with E-state index < -0.39 is 35.1 Å². The number of amides is 1. The van der Waals surface area contributed by atoms with E-state index in [9.17, 15) is 28.3 Å². The number of nitrogens with one attached hydrogen (secondary N) is 1. The molecule has 3 rings (SSSR count). The third-order valence-electron chi connectivity index (χ3n) is 4.49. The minimum absolute atomic E-state index is 0.0994. The number of carboxylic acids is 1. The summed E-state index contributed by atoms with van der Waals surface area (Å²) in [6.07, 6.45) is -0.0994. The fourth-order valence-corrected chi connectivity index (χ4v) is 2.90. The van der Waals surface area contributed by atoms with Crippen molar-refractivity contribution in [2.75, 3.05) is 0 Å². The smallest absolute Gasteiger partial charge is 0.326 e. The van der Waals surface area contributed by atoms with Crippen LogP contribution in [0, 0.1) is 11.6 Å². The van der Waals surface area contributed by atoms with Crippen molar-refractivity contribution in [3.05, 3.63) is 107 Å². The van der Waals surface area contributed by atoms with Gasteiger partial charge in [-0.25, -0.2) is 13.6 Å². The number of hydrogen-bond donors (Lipinski definition) is 2. The van der Waals surface area contributed by atoms with Gasteiger partial charge in [-0.05, 0) is 17.7 Å². The maximum absolute atomic E-state index is 13.8. The lowest BCUT2D eigenvalue weighted by molar-refractivity contribution is -0.139. The highest BCUT2D eigenvalue weighted by Crippen LogP contribution is 2.14. The lowest BCUT2D eigenvalue weighted by atomic mass is 9.99. The number of rotatable bonds is 7. The van der Waals surface area contributed by atoms with E-state index >= 15 is 0 Å². The van der Waals surface area contributed by atoms with Crippen LogP contribution in [0.2, 0.25) is 0 Å². The number of aliphatic carboxylic acids is 1. The van der Waals surface area contributed by atoms with E-state index in [1.54, 1.807) is 54.6 Å². The molecule has 0 aliphatic carbocycles. The van der Waals surface area contributed by atoms with Crippen LogP contribution in [-0.2, 0) is 11.2 Å². The van der Waals surface area contributed by atoms with Gasteiger partial charge in [0.15, 0.2) is 17.4 Å². The summed E-state index contributed by atoms with van der Waals surface area (Å²) in [6.45, 7) is 0. The predicted octanol–water partition coefficient (Wildman–Crippen LogP) is 3.62. The van der Waals surface area contributed by atoms with Gasteiger partial charge in [-0.2, -0.15) is 0 Å².